The van der Waals surface area contributed by atoms with Crippen molar-refractivity contribution in [3.05, 3.63) is 34.4 Å². The summed E-state index contributed by atoms with van der Waals surface area (Å²) in [5.74, 6) is 0.167. The highest BCUT2D eigenvalue weighted by Crippen LogP contribution is 2.20. The molecule has 0 aliphatic rings. The second-order valence-corrected chi connectivity index (χ2v) is 6.71. The second kappa shape index (κ2) is 7.85. The monoisotopic (exact) mass is 376 g/mol. The highest BCUT2D eigenvalue weighted by atomic mass is 79.9. The lowest BCUT2D eigenvalue weighted by Gasteiger charge is -2.11. The summed E-state index contributed by atoms with van der Waals surface area (Å²) in [6.45, 7) is 9.33. The van der Waals surface area contributed by atoms with Gasteiger partial charge in [0, 0.05) is 12.5 Å². The number of hydrogen-bond donors (Lipinski definition) is 0. The van der Waals surface area contributed by atoms with Gasteiger partial charge in [0.2, 0.25) is 0 Å². The zero-order chi connectivity index (χ0) is 14.5. The average Bonchev–Trinajstić information content (AvgIpc) is 2.14. The number of hydrogen-bond acceptors (Lipinski definition) is 2. The SMILES string of the molecule is CC(=O)Br.Cc1cc(C)c(C(=O)C(C)Br)c(C)c1. The van der Waals surface area contributed by atoms with Crippen LogP contribution in [0.3, 0.4) is 0 Å². The number of ketones is 1. The van der Waals surface area contributed by atoms with Crippen molar-refractivity contribution in [2.45, 2.75) is 39.4 Å². The van der Waals surface area contributed by atoms with Crippen molar-refractivity contribution in [3.8, 4) is 0 Å². The van der Waals surface area contributed by atoms with E-state index in [-0.39, 0.29) is 15.3 Å². The summed E-state index contributed by atoms with van der Waals surface area (Å²) in [6.07, 6.45) is 0. The minimum atomic E-state index is -0.109. The minimum Gasteiger partial charge on any atom is -0.293 e. The zero-order valence-electron chi connectivity index (χ0n) is 11.3. The maximum Gasteiger partial charge on any atom is 0.194 e. The Bertz CT molecular complexity index is 424. The van der Waals surface area contributed by atoms with Crippen molar-refractivity contribution in [1.82, 2.24) is 0 Å². The number of Topliss-reactive ketones (excluding diaryl/α,β-unsaturated/α-hetero) is 1. The van der Waals surface area contributed by atoms with Crippen molar-refractivity contribution < 1.29 is 9.59 Å². The molecule has 0 aromatic heterocycles. The molecule has 1 rings (SSSR count). The predicted molar refractivity (Wildman–Crippen MR) is 83.0 cm³/mol. The molecule has 2 nitrogen and oxygen atoms in total. The first-order chi connectivity index (χ1) is 8.16. The summed E-state index contributed by atoms with van der Waals surface area (Å²) >= 11 is 5.95. The van der Waals surface area contributed by atoms with Crippen LogP contribution in [0.2, 0.25) is 0 Å². The average molecular weight is 378 g/mol. The molecule has 0 aliphatic heterocycles. The van der Waals surface area contributed by atoms with E-state index in [9.17, 15) is 9.59 Å². The van der Waals surface area contributed by atoms with Crippen molar-refractivity contribution in [1.29, 1.82) is 0 Å². The van der Waals surface area contributed by atoms with E-state index in [0.717, 1.165) is 16.7 Å². The second-order valence-electron chi connectivity index (χ2n) is 4.22. The van der Waals surface area contributed by atoms with Crippen LogP contribution in [-0.4, -0.2) is 15.3 Å². The fourth-order valence-electron chi connectivity index (χ4n) is 1.77. The number of benzene rings is 1. The molecule has 1 aromatic carbocycles. The first-order valence-electron chi connectivity index (χ1n) is 5.59. The first-order valence-corrected chi connectivity index (χ1v) is 7.29. The Labute approximate surface area is 125 Å². The van der Waals surface area contributed by atoms with Crippen LogP contribution in [0.15, 0.2) is 12.1 Å². The topological polar surface area (TPSA) is 34.1 Å². The van der Waals surface area contributed by atoms with Crippen LogP contribution in [-0.2, 0) is 4.79 Å². The molecule has 1 unspecified atom stereocenters. The maximum absolute atomic E-state index is 11.9. The summed E-state index contributed by atoms with van der Waals surface area (Å²) in [5, 5.41) is 0. The van der Waals surface area contributed by atoms with Gasteiger partial charge in [-0.3, -0.25) is 9.59 Å². The quantitative estimate of drug-likeness (QED) is 0.431. The van der Waals surface area contributed by atoms with Crippen LogP contribution in [0.4, 0.5) is 0 Å². The molecule has 0 bridgehead atoms. The fraction of sp³-hybridized carbons (Fsp3) is 0.429. The molecular formula is C14H18Br2O2. The molecule has 0 saturated carbocycles. The van der Waals surface area contributed by atoms with Crippen molar-refractivity contribution in [3.63, 3.8) is 0 Å². The number of aryl methyl sites for hydroxylation is 3. The molecule has 4 heteroatoms. The lowest BCUT2D eigenvalue weighted by Crippen LogP contribution is -2.13. The number of carbonyl (C=O) groups excluding carboxylic acids is 2. The highest BCUT2D eigenvalue weighted by molar-refractivity contribution is 9.18. The summed E-state index contributed by atoms with van der Waals surface area (Å²) in [5.41, 5.74) is 4.20. The Kier molecular flexibility index (Phi) is 7.64. The molecule has 0 amide bonds. The van der Waals surface area contributed by atoms with Crippen LogP contribution in [0.1, 0.15) is 40.9 Å². The molecule has 0 radical (unpaired) electrons. The van der Waals surface area contributed by atoms with Gasteiger partial charge >= 0.3 is 0 Å². The smallest absolute Gasteiger partial charge is 0.194 e. The van der Waals surface area contributed by atoms with E-state index < -0.39 is 0 Å². The van der Waals surface area contributed by atoms with Crippen LogP contribution < -0.4 is 0 Å². The number of alkyl halides is 1. The van der Waals surface area contributed by atoms with Crippen LogP contribution in [0.25, 0.3) is 0 Å². The van der Waals surface area contributed by atoms with Gasteiger partial charge in [0.25, 0.3) is 0 Å². The Morgan fingerprint density at radius 3 is 1.72 bits per heavy atom. The fourth-order valence-corrected chi connectivity index (χ4v) is 2.00. The lowest BCUT2D eigenvalue weighted by atomic mass is 9.95. The van der Waals surface area contributed by atoms with Gasteiger partial charge in [-0.15, -0.1) is 0 Å². The summed E-state index contributed by atoms with van der Waals surface area (Å²) in [6, 6.07) is 4.10. The molecule has 0 spiro atoms. The number of rotatable bonds is 2. The number of halogens is 2. The highest BCUT2D eigenvalue weighted by Gasteiger charge is 2.16. The summed E-state index contributed by atoms with van der Waals surface area (Å²) in [4.78, 5) is 21.1. The normalized spacial score (nSPS) is 11.3. The first kappa shape index (κ1) is 17.5. The van der Waals surface area contributed by atoms with Gasteiger partial charge in [-0.25, -0.2) is 0 Å². The van der Waals surface area contributed by atoms with Gasteiger partial charge in [-0.1, -0.05) is 33.6 Å². The van der Waals surface area contributed by atoms with E-state index in [1.54, 1.807) is 0 Å². The summed E-state index contributed by atoms with van der Waals surface area (Å²) in [7, 11) is 0. The Morgan fingerprint density at radius 2 is 1.44 bits per heavy atom. The molecule has 0 fully saturated rings. The summed E-state index contributed by atoms with van der Waals surface area (Å²) < 4.78 is -0.0208. The number of carbonyl (C=O) groups is 2. The molecule has 0 N–H and O–H groups in total. The van der Waals surface area contributed by atoms with Crippen molar-refractivity contribution in [2.24, 2.45) is 0 Å². The van der Waals surface area contributed by atoms with E-state index in [0.29, 0.717) is 0 Å². The van der Waals surface area contributed by atoms with Crippen molar-refractivity contribution >= 4 is 42.3 Å². The lowest BCUT2D eigenvalue weighted by molar-refractivity contribution is -0.108. The molecule has 100 valence electrons. The standard InChI is InChI=1S/C12H15BrO.C2H3BrO/c1-7-5-8(2)11(9(3)6-7)12(14)10(4)13;1-2(3)4/h5-6,10H,1-4H3;1H3. The van der Waals surface area contributed by atoms with Gasteiger partial charge < -0.3 is 0 Å². The molecule has 1 atom stereocenters. The van der Waals surface area contributed by atoms with E-state index in [4.69, 9.17) is 0 Å². The van der Waals surface area contributed by atoms with E-state index >= 15 is 0 Å². The van der Waals surface area contributed by atoms with Crippen LogP contribution in [0.5, 0.6) is 0 Å². The molecular weight excluding hydrogens is 360 g/mol. The Balaban J connectivity index is 0.000000631. The Hall–Kier alpha value is -0.480. The third-order valence-electron chi connectivity index (χ3n) is 2.28. The van der Waals surface area contributed by atoms with Crippen LogP contribution in [0, 0.1) is 20.8 Å². The van der Waals surface area contributed by atoms with Gasteiger partial charge in [0.15, 0.2) is 10.5 Å². The van der Waals surface area contributed by atoms with E-state index in [1.807, 2.05) is 27.7 Å². The van der Waals surface area contributed by atoms with Gasteiger partial charge in [0.1, 0.15) is 0 Å². The van der Waals surface area contributed by atoms with Crippen LogP contribution >= 0.6 is 31.9 Å². The van der Waals surface area contributed by atoms with Gasteiger partial charge in [0.05, 0.1) is 4.83 Å². The molecule has 0 heterocycles. The third kappa shape index (κ3) is 5.91. The van der Waals surface area contributed by atoms with Gasteiger partial charge in [-0.05, 0) is 54.8 Å². The molecule has 18 heavy (non-hydrogen) atoms. The molecule has 0 saturated heterocycles. The van der Waals surface area contributed by atoms with Gasteiger partial charge in [-0.2, -0.15) is 0 Å². The van der Waals surface area contributed by atoms with Crippen molar-refractivity contribution in [2.75, 3.05) is 0 Å². The minimum absolute atomic E-state index is 0.0208. The van der Waals surface area contributed by atoms with E-state index in [2.05, 4.69) is 44.0 Å². The zero-order valence-corrected chi connectivity index (χ0v) is 14.5. The third-order valence-corrected chi connectivity index (χ3v) is 2.70. The van der Waals surface area contributed by atoms with E-state index in [1.165, 1.54) is 12.5 Å². The maximum atomic E-state index is 11.9. The Morgan fingerprint density at radius 1 is 1.11 bits per heavy atom. The molecule has 0 aliphatic carbocycles. The predicted octanol–water partition coefficient (Wildman–Crippen LogP) is 4.51. The largest absolute Gasteiger partial charge is 0.293 e. The molecule has 1 aromatic rings.